The lowest BCUT2D eigenvalue weighted by molar-refractivity contribution is -0.143. The minimum atomic E-state index is -0.246. The molecule has 18 heavy (non-hydrogen) atoms. The average Bonchev–Trinajstić information content (AvgIpc) is 2.32. The van der Waals surface area contributed by atoms with Crippen LogP contribution >= 0.6 is 11.6 Å². The zero-order valence-electron chi connectivity index (χ0n) is 11.4. The summed E-state index contributed by atoms with van der Waals surface area (Å²) in [4.78, 5) is 21.7. The molecule has 0 saturated heterocycles. The van der Waals surface area contributed by atoms with Gasteiger partial charge >= 0.3 is 5.97 Å². The Morgan fingerprint density at radius 2 is 1.44 bits per heavy atom. The van der Waals surface area contributed by atoms with Crippen molar-refractivity contribution in [3.8, 4) is 0 Å². The summed E-state index contributed by atoms with van der Waals surface area (Å²) in [7, 11) is 0. The maximum Gasteiger partial charge on any atom is 0.305 e. The fraction of sp³-hybridized carbons (Fsp3) is 0.857. The molecule has 0 fully saturated rings. The summed E-state index contributed by atoms with van der Waals surface area (Å²) in [5.41, 5.74) is 0. The third-order valence-electron chi connectivity index (χ3n) is 2.77. The van der Waals surface area contributed by atoms with Gasteiger partial charge in [0.25, 0.3) is 0 Å². The second kappa shape index (κ2) is 12.9. The number of esters is 1. The molecule has 0 heterocycles. The maximum absolute atomic E-state index is 11.3. The molecule has 0 rings (SSSR count). The molecule has 0 aliphatic carbocycles. The van der Waals surface area contributed by atoms with Gasteiger partial charge < -0.3 is 4.74 Å². The van der Waals surface area contributed by atoms with Gasteiger partial charge in [-0.05, 0) is 30.9 Å². The van der Waals surface area contributed by atoms with E-state index in [-0.39, 0.29) is 11.2 Å². The van der Waals surface area contributed by atoms with Crippen LogP contribution in [-0.4, -0.2) is 17.8 Å². The number of ether oxygens (including phenoxy) is 1. The first-order valence-corrected chi connectivity index (χ1v) is 7.38. The van der Waals surface area contributed by atoms with E-state index >= 15 is 0 Å². The van der Waals surface area contributed by atoms with E-state index in [2.05, 4.69) is 6.92 Å². The summed E-state index contributed by atoms with van der Waals surface area (Å²) >= 11 is 5.24. The fourth-order valence-corrected chi connectivity index (χ4v) is 1.78. The molecule has 0 amide bonds. The lowest BCUT2D eigenvalue weighted by atomic mass is 10.1. The highest BCUT2D eigenvalue weighted by Gasteiger charge is 2.02. The van der Waals surface area contributed by atoms with Crippen LogP contribution in [0, 0.1) is 0 Å². The van der Waals surface area contributed by atoms with Crippen LogP contribution in [0.1, 0.15) is 71.1 Å². The lowest BCUT2D eigenvalue weighted by Gasteiger charge is -2.03. The number of hydrogen-bond acceptors (Lipinski definition) is 3. The van der Waals surface area contributed by atoms with Gasteiger partial charge in [-0.25, -0.2) is 0 Å². The first-order chi connectivity index (χ1) is 8.66. The standard InChI is InChI=1S/C14H25ClO3/c1-2-3-12-18-14(17)11-9-7-5-4-6-8-10-13(15)16/h2-12H2,1H3. The van der Waals surface area contributed by atoms with Gasteiger partial charge in [0, 0.05) is 12.8 Å². The van der Waals surface area contributed by atoms with Crippen molar-refractivity contribution in [2.24, 2.45) is 0 Å². The van der Waals surface area contributed by atoms with Gasteiger partial charge in [-0.2, -0.15) is 0 Å². The Labute approximate surface area is 115 Å². The first kappa shape index (κ1) is 17.4. The zero-order valence-corrected chi connectivity index (χ0v) is 12.1. The third-order valence-corrected chi connectivity index (χ3v) is 2.95. The average molecular weight is 277 g/mol. The van der Waals surface area contributed by atoms with Crippen molar-refractivity contribution in [3.63, 3.8) is 0 Å². The van der Waals surface area contributed by atoms with Crippen molar-refractivity contribution in [1.29, 1.82) is 0 Å². The molecule has 0 aliphatic rings. The number of hydrogen-bond donors (Lipinski definition) is 0. The summed E-state index contributed by atoms with van der Waals surface area (Å²) in [6.45, 7) is 2.63. The summed E-state index contributed by atoms with van der Waals surface area (Å²) < 4.78 is 5.06. The van der Waals surface area contributed by atoms with E-state index in [0.717, 1.165) is 51.4 Å². The number of halogens is 1. The molecule has 0 aromatic heterocycles. The number of unbranched alkanes of at least 4 members (excludes halogenated alkanes) is 6. The van der Waals surface area contributed by atoms with Gasteiger partial charge in [0.2, 0.25) is 5.24 Å². The Kier molecular flexibility index (Phi) is 12.5. The molecule has 3 nitrogen and oxygen atoms in total. The summed E-state index contributed by atoms with van der Waals surface area (Å²) in [6.07, 6.45) is 9.10. The third kappa shape index (κ3) is 13.5. The first-order valence-electron chi connectivity index (χ1n) is 7.00. The smallest absolute Gasteiger partial charge is 0.305 e. The second-order valence-electron chi connectivity index (χ2n) is 4.55. The Morgan fingerprint density at radius 1 is 0.889 bits per heavy atom. The van der Waals surface area contributed by atoms with Gasteiger partial charge in [-0.3, -0.25) is 9.59 Å². The van der Waals surface area contributed by atoms with E-state index in [1.807, 2.05) is 0 Å². The van der Waals surface area contributed by atoms with Crippen LogP contribution in [0.3, 0.4) is 0 Å². The molecule has 4 heteroatoms. The van der Waals surface area contributed by atoms with Gasteiger partial charge in [-0.1, -0.05) is 39.0 Å². The molecule has 0 unspecified atom stereocenters. The fourth-order valence-electron chi connectivity index (χ4n) is 1.64. The summed E-state index contributed by atoms with van der Waals surface area (Å²) in [6, 6.07) is 0. The van der Waals surface area contributed by atoms with Gasteiger partial charge in [-0.15, -0.1) is 0 Å². The summed E-state index contributed by atoms with van der Waals surface area (Å²) in [5.74, 6) is -0.0730. The van der Waals surface area contributed by atoms with E-state index in [1.165, 1.54) is 0 Å². The highest BCUT2D eigenvalue weighted by Crippen LogP contribution is 2.09. The molecule has 0 aromatic carbocycles. The Hall–Kier alpha value is -0.570. The topological polar surface area (TPSA) is 43.4 Å². The van der Waals surface area contributed by atoms with Crippen molar-refractivity contribution in [2.75, 3.05) is 6.61 Å². The van der Waals surface area contributed by atoms with E-state index in [4.69, 9.17) is 16.3 Å². The van der Waals surface area contributed by atoms with Crippen LogP contribution in [0.15, 0.2) is 0 Å². The van der Waals surface area contributed by atoms with Crippen molar-refractivity contribution >= 4 is 22.8 Å². The van der Waals surface area contributed by atoms with Crippen molar-refractivity contribution < 1.29 is 14.3 Å². The molecular formula is C14H25ClO3. The largest absolute Gasteiger partial charge is 0.466 e. The number of carbonyl (C=O) groups is 2. The van der Waals surface area contributed by atoms with E-state index in [1.54, 1.807) is 0 Å². The van der Waals surface area contributed by atoms with Gasteiger partial charge in [0.1, 0.15) is 0 Å². The number of carbonyl (C=O) groups excluding carboxylic acids is 2. The van der Waals surface area contributed by atoms with Crippen molar-refractivity contribution in [1.82, 2.24) is 0 Å². The van der Waals surface area contributed by atoms with Crippen LogP contribution in [0.5, 0.6) is 0 Å². The monoisotopic (exact) mass is 276 g/mol. The van der Waals surface area contributed by atoms with Gasteiger partial charge in [0.05, 0.1) is 6.61 Å². The Bertz CT molecular complexity index is 229. The van der Waals surface area contributed by atoms with Gasteiger partial charge in [0.15, 0.2) is 0 Å². The number of rotatable bonds is 12. The van der Waals surface area contributed by atoms with Crippen molar-refractivity contribution in [3.05, 3.63) is 0 Å². The highest BCUT2D eigenvalue weighted by molar-refractivity contribution is 6.63. The predicted octanol–water partition coefficient (Wildman–Crippen LogP) is 4.22. The van der Waals surface area contributed by atoms with Crippen LogP contribution < -0.4 is 0 Å². The van der Waals surface area contributed by atoms with Crippen LogP contribution in [0.25, 0.3) is 0 Å². The lowest BCUT2D eigenvalue weighted by Crippen LogP contribution is -2.05. The molecule has 0 aliphatic heterocycles. The quantitative estimate of drug-likeness (QED) is 0.305. The molecule has 0 atom stereocenters. The molecule has 0 saturated carbocycles. The molecular weight excluding hydrogens is 252 g/mol. The normalized spacial score (nSPS) is 10.3. The van der Waals surface area contributed by atoms with Crippen LogP contribution in [-0.2, 0) is 14.3 Å². The second-order valence-corrected chi connectivity index (χ2v) is 4.97. The molecule has 0 aromatic rings. The predicted molar refractivity (Wildman–Crippen MR) is 73.7 cm³/mol. The SMILES string of the molecule is CCCCOC(=O)CCCCCCCCC(=O)Cl. The van der Waals surface area contributed by atoms with Crippen LogP contribution in [0.4, 0.5) is 0 Å². The highest BCUT2D eigenvalue weighted by atomic mass is 35.5. The van der Waals surface area contributed by atoms with E-state index in [9.17, 15) is 9.59 Å². The molecule has 0 bridgehead atoms. The molecule has 0 N–H and O–H groups in total. The maximum atomic E-state index is 11.3. The molecule has 0 spiro atoms. The Morgan fingerprint density at radius 3 is 2.00 bits per heavy atom. The zero-order chi connectivity index (χ0) is 13.6. The Balaban J connectivity index is 3.15. The summed E-state index contributed by atoms with van der Waals surface area (Å²) in [5, 5.41) is -0.246. The van der Waals surface area contributed by atoms with E-state index in [0.29, 0.717) is 19.4 Å². The molecule has 0 radical (unpaired) electrons. The van der Waals surface area contributed by atoms with Crippen molar-refractivity contribution in [2.45, 2.75) is 71.1 Å². The van der Waals surface area contributed by atoms with Crippen LogP contribution in [0.2, 0.25) is 0 Å². The molecule has 106 valence electrons. The minimum Gasteiger partial charge on any atom is -0.466 e. The minimum absolute atomic E-state index is 0.0730. The van der Waals surface area contributed by atoms with E-state index < -0.39 is 0 Å².